The number of hydrogen-bond donors (Lipinski definition) is 0. The van der Waals surface area contributed by atoms with Gasteiger partial charge < -0.3 is 9.64 Å². The fourth-order valence-corrected chi connectivity index (χ4v) is 3.48. The summed E-state index contributed by atoms with van der Waals surface area (Å²) in [5.74, 6) is 0.897. The van der Waals surface area contributed by atoms with Crippen molar-refractivity contribution in [3.8, 4) is 0 Å². The van der Waals surface area contributed by atoms with Crippen LogP contribution in [0.3, 0.4) is 0 Å². The fourth-order valence-electron chi connectivity index (χ4n) is 2.12. The molecule has 0 aromatic carbocycles. The SMILES string of the molecule is CN1CCN(S2=NC=C3OCCCC3=N2)CC1. The van der Waals surface area contributed by atoms with Gasteiger partial charge in [-0.15, -0.1) is 0 Å². The van der Waals surface area contributed by atoms with Crippen LogP contribution >= 0.6 is 0 Å². The van der Waals surface area contributed by atoms with Crippen molar-refractivity contribution in [2.45, 2.75) is 12.8 Å². The van der Waals surface area contributed by atoms with Crippen molar-refractivity contribution < 1.29 is 4.74 Å². The molecule has 3 rings (SSSR count). The predicted octanol–water partition coefficient (Wildman–Crippen LogP) is 0.972. The second kappa shape index (κ2) is 4.88. The molecule has 0 amide bonds. The standard InChI is InChI=1S/C11H18N4OS/c1-14-4-6-15(7-5-14)17-12-9-11-10(13-17)3-2-8-16-11/h9H,2-8H2,1H3. The molecule has 2 fully saturated rings. The smallest absolute Gasteiger partial charge is 0.160 e. The first kappa shape index (κ1) is 11.4. The van der Waals surface area contributed by atoms with Crippen LogP contribution in [0.4, 0.5) is 0 Å². The number of allylic oxidation sites excluding steroid dienone is 1. The first-order valence-electron chi connectivity index (χ1n) is 6.13. The average molecular weight is 254 g/mol. The summed E-state index contributed by atoms with van der Waals surface area (Å²) in [7, 11) is 2.16. The lowest BCUT2D eigenvalue weighted by molar-refractivity contribution is 0.212. The van der Waals surface area contributed by atoms with Gasteiger partial charge >= 0.3 is 0 Å². The van der Waals surface area contributed by atoms with Crippen LogP contribution in [0.25, 0.3) is 0 Å². The van der Waals surface area contributed by atoms with E-state index in [1.54, 1.807) is 0 Å². The van der Waals surface area contributed by atoms with E-state index in [-0.39, 0.29) is 11.1 Å². The molecule has 0 radical (unpaired) electrons. The van der Waals surface area contributed by atoms with E-state index >= 15 is 0 Å². The Morgan fingerprint density at radius 1 is 1.29 bits per heavy atom. The van der Waals surface area contributed by atoms with Crippen LogP contribution in [0, 0.1) is 0 Å². The number of likely N-dealkylation sites (N-methyl/N-ethyl adjacent to an activating group) is 1. The van der Waals surface area contributed by atoms with Gasteiger partial charge in [0.15, 0.2) is 5.76 Å². The molecule has 2 saturated heterocycles. The lowest BCUT2D eigenvalue weighted by atomic mass is 10.1. The molecule has 3 heterocycles. The Hall–Kier alpha value is -0.720. The Labute approximate surface area is 105 Å². The molecule has 0 aliphatic carbocycles. The molecule has 1 unspecified atom stereocenters. The van der Waals surface area contributed by atoms with Crippen molar-refractivity contribution in [1.29, 1.82) is 0 Å². The minimum absolute atomic E-state index is 0.301. The average Bonchev–Trinajstić information content (AvgIpc) is 2.39. The quantitative estimate of drug-likeness (QED) is 0.700. The first-order valence-corrected chi connectivity index (χ1v) is 7.22. The summed E-state index contributed by atoms with van der Waals surface area (Å²) in [4.78, 5) is 2.35. The maximum Gasteiger partial charge on any atom is 0.160 e. The van der Waals surface area contributed by atoms with Crippen molar-refractivity contribution >= 4 is 16.8 Å². The number of rotatable bonds is 1. The van der Waals surface area contributed by atoms with E-state index in [2.05, 4.69) is 20.6 Å². The minimum atomic E-state index is -0.301. The molecule has 5 nitrogen and oxygen atoms in total. The third-order valence-electron chi connectivity index (χ3n) is 3.25. The highest BCUT2D eigenvalue weighted by Crippen LogP contribution is 2.21. The van der Waals surface area contributed by atoms with E-state index < -0.39 is 0 Å². The summed E-state index contributed by atoms with van der Waals surface area (Å²) in [6.07, 6.45) is 4.00. The van der Waals surface area contributed by atoms with E-state index in [1.165, 1.54) is 0 Å². The zero-order valence-electron chi connectivity index (χ0n) is 10.1. The fraction of sp³-hybridized carbons (Fsp3) is 0.727. The van der Waals surface area contributed by atoms with Gasteiger partial charge in [-0.3, -0.25) is 0 Å². The van der Waals surface area contributed by atoms with Crippen LogP contribution in [0.1, 0.15) is 12.8 Å². The van der Waals surface area contributed by atoms with Gasteiger partial charge in [0, 0.05) is 26.2 Å². The zero-order chi connectivity index (χ0) is 11.7. The van der Waals surface area contributed by atoms with Crippen molar-refractivity contribution in [2.24, 2.45) is 8.76 Å². The topological polar surface area (TPSA) is 40.4 Å². The molecular formula is C11H18N4OS. The summed E-state index contributed by atoms with van der Waals surface area (Å²) < 4.78 is 17.2. The molecule has 0 spiro atoms. The summed E-state index contributed by atoms with van der Waals surface area (Å²) in [5.41, 5.74) is 1.12. The Morgan fingerprint density at radius 3 is 2.94 bits per heavy atom. The Balaban J connectivity index is 1.74. The molecule has 3 aliphatic heterocycles. The molecule has 0 saturated carbocycles. The van der Waals surface area contributed by atoms with E-state index in [0.29, 0.717) is 0 Å². The summed E-state index contributed by atoms with van der Waals surface area (Å²) >= 11 is -0.301. The van der Waals surface area contributed by atoms with Crippen molar-refractivity contribution in [3.63, 3.8) is 0 Å². The van der Waals surface area contributed by atoms with E-state index in [1.807, 2.05) is 6.20 Å². The molecule has 94 valence electrons. The Kier molecular flexibility index (Phi) is 3.26. The zero-order valence-corrected chi connectivity index (χ0v) is 10.9. The molecule has 0 aromatic heterocycles. The largest absolute Gasteiger partial charge is 0.490 e. The van der Waals surface area contributed by atoms with Gasteiger partial charge in [-0.1, -0.05) is 0 Å². The van der Waals surface area contributed by atoms with Gasteiger partial charge in [-0.25, -0.2) is 4.31 Å². The highest BCUT2D eigenvalue weighted by Gasteiger charge is 2.23. The molecule has 17 heavy (non-hydrogen) atoms. The Bertz CT molecular complexity index is 396. The molecule has 0 bridgehead atoms. The monoisotopic (exact) mass is 254 g/mol. The maximum absolute atomic E-state index is 5.55. The number of fused-ring (bicyclic) bond motifs is 1. The summed E-state index contributed by atoms with van der Waals surface area (Å²) in [5, 5.41) is 0. The number of nitrogens with zero attached hydrogens (tertiary/aromatic N) is 4. The minimum Gasteiger partial charge on any atom is -0.490 e. The number of ether oxygens (including phenoxy) is 1. The van der Waals surface area contributed by atoms with Gasteiger partial charge in [-0.05, 0) is 19.9 Å². The lowest BCUT2D eigenvalue weighted by Gasteiger charge is -2.32. The highest BCUT2D eigenvalue weighted by atomic mass is 32.2. The molecule has 1 atom stereocenters. The van der Waals surface area contributed by atoms with Crippen LogP contribution in [0.2, 0.25) is 0 Å². The van der Waals surface area contributed by atoms with Gasteiger partial charge in [0.2, 0.25) is 0 Å². The number of hydrogen-bond acceptors (Lipinski definition) is 5. The van der Waals surface area contributed by atoms with Gasteiger partial charge in [0.05, 0.1) is 29.6 Å². The highest BCUT2D eigenvalue weighted by molar-refractivity contribution is 7.83. The van der Waals surface area contributed by atoms with E-state index in [0.717, 1.165) is 57.1 Å². The normalized spacial score (nSPS) is 30.8. The first-order chi connectivity index (χ1) is 8.33. The van der Waals surface area contributed by atoms with Crippen molar-refractivity contribution in [1.82, 2.24) is 9.21 Å². The van der Waals surface area contributed by atoms with E-state index in [4.69, 9.17) is 9.13 Å². The molecule has 3 aliphatic rings. The predicted molar refractivity (Wildman–Crippen MR) is 69.6 cm³/mol. The summed E-state index contributed by atoms with van der Waals surface area (Å²) in [6, 6.07) is 0. The van der Waals surface area contributed by atoms with Crippen molar-refractivity contribution in [3.05, 3.63) is 12.0 Å². The maximum atomic E-state index is 5.55. The molecule has 6 heteroatoms. The third-order valence-corrected chi connectivity index (χ3v) is 4.75. The van der Waals surface area contributed by atoms with Gasteiger partial charge in [0.25, 0.3) is 0 Å². The molecule has 0 aromatic rings. The lowest BCUT2D eigenvalue weighted by Crippen LogP contribution is -2.44. The Morgan fingerprint density at radius 2 is 2.12 bits per heavy atom. The van der Waals surface area contributed by atoms with Crippen LogP contribution in [0.15, 0.2) is 20.7 Å². The van der Waals surface area contributed by atoms with Crippen LogP contribution in [-0.4, -0.2) is 54.8 Å². The molecule has 0 N–H and O–H groups in total. The molecular weight excluding hydrogens is 236 g/mol. The third kappa shape index (κ3) is 2.43. The second-order valence-electron chi connectivity index (χ2n) is 4.57. The van der Waals surface area contributed by atoms with Gasteiger partial charge in [-0.2, -0.15) is 8.76 Å². The number of piperazine rings is 1. The second-order valence-corrected chi connectivity index (χ2v) is 5.97. The van der Waals surface area contributed by atoms with Crippen LogP contribution < -0.4 is 0 Å². The van der Waals surface area contributed by atoms with Gasteiger partial charge in [0.1, 0.15) is 0 Å². The summed E-state index contributed by atoms with van der Waals surface area (Å²) in [6.45, 7) is 5.14. The van der Waals surface area contributed by atoms with Crippen LogP contribution in [0.5, 0.6) is 0 Å². The van der Waals surface area contributed by atoms with Crippen molar-refractivity contribution in [2.75, 3.05) is 39.8 Å². The van der Waals surface area contributed by atoms with E-state index in [9.17, 15) is 0 Å². The van der Waals surface area contributed by atoms with Crippen LogP contribution in [-0.2, 0) is 15.8 Å².